The number of para-hydroxylation sites is 1. The fourth-order valence-electron chi connectivity index (χ4n) is 3.25. The highest BCUT2D eigenvalue weighted by atomic mass is 16.5. The normalized spacial score (nSPS) is 11.2. The zero-order valence-electron chi connectivity index (χ0n) is 15.7. The molecule has 0 radical (unpaired) electrons. The van der Waals surface area contributed by atoms with E-state index in [0.717, 1.165) is 4.57 Å². The van der Waals surface area contributed by atoms with Crippen LogP contribution in [0.25, 0.3) is 22.1 Å². The minimum absolute atomic E-state index is 0.0442. The van der Waals surface area contributed by atoms with E-state index in [2.05, 4.69) is 9.97 Å². The first kappa shape index (κ1) is 18.4. The number of benzene rings is 1. The van der Waals surface area contributed by atoms with Crippen LogP contribution in [-0.2, 0) is 25.4 Å². The van der Waals surface area contributed by atoms with Crippen LogP contribution in [0.1, 0.15) is 10.4 Å². The summed E-state index contributed by atoms with van der Waals surface area (Å²) in [6.07, 6.45) is 1.42. The molecule has 0 unspecified atom stereocenters. The lowest BCUT2D eigenvalue weighted by Gasteiger charge is -2.09. The number of aromatic amines is 1. The first-order chi connectivity index (χ1) is 13.9. The Balaban J connectivity index is 1.59. The summed E-state index contributed by atoms with van der Waals surface area (Å²) in [6, 6.07) is 8.13. The quantitative estimate of drug-likeness (QED) is 0.491. The second-order valence-corrected chi connectivity index (χ2v) is 6.54. The summed E-state index contributed by atoms with van der Waals surface area (Å²) >= 11 is 0. The van der Waals surface area contributed by atoms with Crippen LogP contribution in [-0.4, -0.2) is 36.2 Å². The number of carbonyl (C=O) groups excluding carboxylic acids is 1. The van der Waals surface area contributed by atoms with Crippen molar-refractivity contribution in [3.05, 3.63) is 73.4 Å². The van der Waals surface area contributed by atoms with Gasteiger partial charge in [-0.25, -0.2) is 14.6 Å². The number of hydrogen-bond donors (Lipinski definition) is 1. The van der Waals surface area contributed by atoms with Gasteiger partial charge in [0.2, 0.25) is 5.56 Å². The highest BCUT2D eigenvalue weighted by Gasteiger charge is 2.16. The first-order valence-corrected chi connectivity index (χ1v) is 8.78. The molecule has 0 bridgehead atoms. The lowest BCUT2D eigenvalue weighted by molar-refractivity contribution is 0.0494. The Kier molecular flexibility index (Phi) is 4.38. The number of nitrogens with zero attached hydrogens (tertiary/aromatic N) is 4. The molecule has 4 rings (SSSR count). The molecule has 0 aliphatic carbocycles. The summed E-state index contributed by atoms with van der Waals surface area (Å²) in [7, 11) is 2.92. The van der Waals surface area contributed by atoms with Crippen LogP contribution in [0, 0.1) is 0 Å². The molecule has 0 amide bonds. The van der Waals surface area contributed by atoms with Crippen molar-refractivity contribution in [1.29, 1.82) is 0 Å². The van der Waals surface area contributed by atoms with E-state index in [1.807, 2.05) is 0 Å². The van der Waals surface area contributed by atoms with Crippen molar-refractivity contribution in [3.8, 4) is 0 Å². The number of nitrogens with one attached hydrogen (secondary N) is 1. The van der Waals surface area contributed by atoms with Gasteiger partial charge in [-0.05, 0) is 6.07 Å². The third kappa shape index (κ3) is 3.04. The van der Waals surface area contributed by atoms with Crippen molar-refractivity contribution < 1.29 is 9.53 Å². The number of carbonyl (C=O) groups is 1. The average Bonchev–Trinajstić information content (AvgIpc) is 3.14. The molecule has 0 aliphatic rings. The largest absolute Gasteiger partial charge is 0.460 e. The van der Waals surface area contributed by atoms with E-state index in [9.17, 15) is 19.2 Å². The summed E-state index contributed by atoms with van der Waals surface area (Å²) in [5.74, 6) is -0.642. The third-order valence-electron chi connectivity index (χ3n) is 4.75. The Morgan fingerprint density at radius 2 is 1.90 bits per heavy atom. The van der Waals surface area contributed by atoms with Crippen molar-refractivity contribution >= 4 is 28.0 Å². The van der Waals surface area contributed by atoms with Gasteiger partial charge in [0, 0.05) is 31.1 Å². The minimum Gasteiger partial charge on any atom is -0.460 e. The van der Waals surface area contributed by atoms with E-state index < -0.39 is 22.8 Å². The van der Waals surface area contributed by atoms with E-state index in [1.54, 1.807) is 24.3 Å². The minimum atomic E-state index is -0.642. The fourth-order valence-corrected chi connectivity index (χ4v) is 3.25. The predicted octanol–water partition coefficient (Wildman–Crippen LogP) is 0.132. The molecule has 4 aromatic rings. The number of aromatic nitrogens is 5. The van der Waals surface area contributed by atoms with Crippen molar-refractivity contribution in [1.82, 2.24) is 23.7 Å². The highest BCUT2D eigenvalue weighted by molar-refractivity contribution is 6.03. The smallest absolute Gasteiger partial charge is 0.339 e. The molecule has 3 aromatic heterocycles. The van der Waals surface area contributed by atoms with Crippen LogP contribution in [0.4, 0.5) is 0 Å². The topological polar surface area (TPSA) is 121 Å². The Morgan fingerprint density at radius 3 is 2.69 bits per heavy atom. The standard InChI is InChI=1S/C19H17N5O5/c1-22-16-15(17(26)23(2)19(22)28)24(10-20-16)7-8-29-18(27)12-9-14(25)21-13-6-4-3-5-11(12)13/h3-6,9-10H,7-8H2,1-2H3,(H,21,25). The summed E-state index contributed by atoms with van der Waals surface area (Å²) in [5, 5.41) is 0.578. The van der Waals surface area contributed by atoms with Crippen LogP contribution in [0.3, 0.4) is 0 Å². The summed E-state index contributed by atoms with van der Waals surface area (Å²) in [6.45, 7) is 0.119. The molecule has 0 spiro atoms. The van der Waals surface area contributed by atoms with Gasteiger partial charge in [-0.2, -0.15) is 0 Å². The Morgan fingerprint density at radius 1 is 1.14 bits per heavy atom. The molecule has 10 nitrogen and oxygen atoms in total. The van der Waals surface area contributed by atoms with Crippen LogP contribution in [0.5, 0.6) is 0 Å². The van der Waals surface area contributed by atoms with Crippen LogP contribution in [0.2, 0.25) is 0 Å². The van der Waals surface area contributed by atoms with Gasteiger partial charge in [0.25, 0.3) is 5.56 Å². The average molecular weight is 395 g/mol. The number of ether oxygens (including phenoxy) is 1. The maximum Gasteiger partial charge on any atom is 0.339 e. The molecule has 0 atom stereocenters. The van der Waals surface area contributed by atoms with Gasteiger partial charge in [0.15, 0.2) is 11.2 Å². The molecule has 29 heavy (non-hydrogen) atoms. The Labute approximate surface area is 162 Å². The number of imidazole rings is 1. The zero-order valence-corrected chi connectivity index (χ0v) is 15.7. The highest BCUT2D eigenvalue weighted by Crippen LogP contribution is 2.15. The van der Waals surface area contributed by atoms with E-state index in [-0.39, 0.29) is 29.9 Å². The molecule has 0 fully saturated rings. The van der Waals surface area contributed by atoms with Crippen molar-refractivity contribution in [2.24, 2.45) is 14.1 Å². The van der Waals surface area contributed by atoms with Crippen LogP contribution < -0.4 is 16.8 Å². The monoisotopic (exact) mass is 395 g/mol. The van der Waals surface area contributed by atoms with Gasteiger partial charge in [0.1, 0.15) is 6.61 Å². The Bertz CT molecular complexity index is 1440. The molecule has 0 saturated carbocycles. The second-order valence-electron chi connectivity index (χ2n) is 6.54. The fraction of sp³-hybridized carbons (Fsp3) is 0.211. The van der Waals surface area contributed by atoms with Crippen molar-refractivity contribution in [2.45, 2.75) is 6.54 Å². The van der Waals surface area contributed by atoms with E-state index in [1.165, 1.54) is 35.6 Å². The van der Waals surface area contributed by atoms with Crippen LogP contribution >= 0.6 is 0 Å². The number of pyridine rings is 1. The number of H-pyrrole nitrogens is 1. The van der Waals surface area contributed by atoms with E-state index in [0.29, 0.717) is 10.9 Å². The number of hydrogen-bond acceptors (Lipinski definition) is 6. The molecule has 1 N–H and O–H groups in total. The predicted molar refractivity (Wildman–Crippen MR) is 105 cm³/mol. The van der Waals surface area contributed by atoms with Crippen LogP contribution in [0.15, 0.2) is 51.0 Å². The maximum absolute atomic E-state index is 12.5. The SMILES string of the molecule is Cn1c(=O)c2c(ncn2CCOC(=O)c2cc(=O)[nH]c3ccccc23)n(C)c1=O. The van der Waals surface area contributed by atoms with E-state index >= 15 is 0 Å². The van der Waals surface area contributed by atoms with Gasteiger partial charge >= 0.3 is 11.7 Å². The zero-order chi connectivity index (χ0) is 20.7. The molecular formula is C19H17N5O5. The lowest BCUT2D eigenvalue weighted by atomic mass is 10.1. The van der Waals surface area contributed by atoms with Crippen molar-refractivity contribution in [2.75, 3.05) is 6.61 Å². The molecule has 148 valence electrons. The summed E-state index contributed by atoms with van der Waals surface area (Å²) < 4.78 is 9.12. The molecule has 0 saturated heterocycles. The number of esters is 1. The van der Waals surface area contributed by atoms with Gasteiger partial charge < -0.3 is 14.3 Å². The van der Waals surface area contributed by atoms with Gasteiger partial charge in [-0.1, -0.05) is 18.2 Å². The second kappa shape index (κ2) is 6.89. The summed E-state index contributed by atoms with van der Waals surface area (Å²) in [4.78, 5) is 55.5. The molecule has 1 aromatic carbocycles. The van der Waals surface area contributed by atoms with Gasteiger partial charge in [-0.3, -0.25) is 18.7 Å². The first-order valence-electron chi connectivity index (χ1n) is 8.78. The number of fused-ring (bicyclic) bond motifs is 2. The number of aryl methyl sites for hydroxylation is 1. The Hall–Kier alpha value is -3.95. The third-order valence-corrected chi connectivity index (χ3v) is 4.75. The molecule has 3 heterocycles. The maximum atomic E-state index is 12.5. The van der Waals surface area contributed by atoms with Gasteiger partial charge in [-0.15, -0.1) is 0 Å². The summed E-state index contributed by atoms with van der Waals surface area (Å²) in [5.41, 5.74) is -0.152. The van der Waals surface area contributed by atoms with Crippen molar-refractivity contribution in [3.63, 3.8) is 0 Å². The van der Waals surface area contributed by atoms with E-state index in [4.69, 9.17) is 4.74 Å². The van der Waals surface area contributed by atoms with Gasteiger partial charge in [0.05, 0.1) is 18.4 Å². The molecule has 10 heteroatoms. The number of rotatable bonds is 4. The molecule has 0 aliphatic heterocycles. The molecular weight excluding hydrogens is 378 g/mol. The lowest BCUT2D eigenvalue weighted by Crippen LogP contribution is -2.37.